The number of nitrogens with one attached hydrogen (secondary N) is 1. The molecular formula is C16H21BrCl2N2O2S. The van der Waals surface area contributed by atoms with Gasteiger partial charge in [0.2, 0.25) is 5.51 Å². The molecule has 1 aromatic heterocycles. The Morgan fingerprint density at radius 2 is 1.92 bits per heavy atom. The molecule has 1 heterocycles. The molecule has 0 amide bonds. The van der Waals surface area contributed by atoms with Gasteiger partial charge in [-0.1, -0.05) is 40.6 Å². The fourth-order valence-electron chi connectivity index (χ4n) is 2.48. The summed E-state index contributed by atoms with van der Waals surface area (Å²) >= 11 is 13.6. The number of halogens is 3. The summed E-state index contributed by atoms with van der Waals surface area (Å²) in [6.45, 7) is 6.00. The van der Waals surface area contributed by atoms with Gasteiger partial charge in [0.15, 0.2) is 18.5 Å². The van der Waals surface area contributed by atoms with Crippen LogP contribution >= 0.6 is 34.5 Å². The Hall–Kier alpha value is -0.210. The van der Waals surface area contributed by atoms with E-state index in [1.54, 1.807) is 19.1 Å². The maximum absolute atomic E-state index is 10.3. The van der Waals surface area contributed by atoms with Crippen molar-refractivity contribution >= 4 is 34.5 Å². The fourth-order valence-corrected chi connectivity index (χ4v) is 4.02. The second-order valence-electron chi connectivity index (χ2n) is 5.57. The van der Waals surface area contributed by atoms with Crippen molar-refractivity contribution in [2.24, 2.45) is 0 Å². The van der Waals surface area contributed by atoms with Gasteiger partial charge in [-0.15, -0.1) is 0 Å². The first kappa shape index (κ1) is 21.8. The van der Waals surface area contributed by atoms with Gasteiger partial charge in [-0.3, -0.25) is 5.32 Å². The molecule has 3 atom stereocenters. The lowest BCUT2D eigenvalue weighted by Gasteiger charge is -2.18. The van der Waals surface area contributed by atoms with Gasteiger partial charge in [0.1, 0.15) is 4.88 Å². The molecule has 0 aliphatic heterocycles. The summed E-state index contributed by atoms with van der Waals surface area (Å²) < 4.78 is 1.93. The highest BCUT2D eigenvalue weighted by molar-refractivity contribution is 7.09. The molecule has 2 rings (SSSR count). The van der Waals surface area contributed by atoms with Crippen LogP contribution in [0.3, 0.4) is 0 Å². The quantitative estimate of drug-likeness (QED) is 0.436. The van der Waals surface area contributed by atoms with E-state index in [9.17, 15) is 10.2 Å². The highest BCUT2D eigenvalue weighted by atomic mass is 79.9. The van der Waals surface area contributed by atoms with Gasteiger partial charge >= 0.3 is 0 Å². The first-order chi connectivity index (χ1) is 10.8. The third-order valence-electron chi connectivity index (χ3n) is 3.71. The summed E-state index contributed by atoms with van der Waals surface area (Å²) in [5, 5.41) is 24.3. The van der Waals surface area contributed by atoms with Crippen molar-refractivity contribution in [2.75, 3.05) is 0 Å². The minimum Gasteiger partial charge on any atom is -1.00 e. The molecule has 0 aliphatic carbocycles. The minimum absolute atomic E-state index is 0. The Bertz CT molecular complexity index is 682. The van der Waals surface area contributed by atoms with Crippen molar-refractivity contribution < 1.29 is 31.8 Å². The van der Waals surface area contributed by atoms with E-state index in [0.29, 0.717) is 16.6 Å². The highest BCUT2D eigenvalue weighted by Gasteiger charge is 2.22. The van der Waals surface area contributed by atoms with E-state index < -0.39 is 12.3 Å². The lowest BCUT2D eigenvalue weighted by Crippen LogP contribution is -3.00. The normalized spacial score (nSPS) is 14.8. The number of hydrogen-bond acceptors (Lipinski definition) is 4. The van der Waals surface area contributed by atoms with Crippen LogP contribution in [-0.4, -0.2) is 16.4 Å². The molecule has 1 aromatic carbocycles. The third-order valence-corrected chi connectivity index (χ3v) is 5.53. The molecule has 24 heavy (non-hydrogen) atoms. The average molecular weight is 456 g/mol. The molecule has 8 heteroatoms. The van der Waals surface area contributed by atoms with E-state index >= 15 is 0 Å². The molecule has 2 aromatic rings. The van der Waals surface area contributed by atoms with Crippen molar-refractivity contribution in [3.63, 3.8) is 0 Å². The van der Waals surface area contributed by atoms with Crippen LogP contribution in [0.5, 0.6) is 0 Å². The number of nitrogens with zero attached hydrogens (tertiary/aromatic N) is 1. The highest BCUT2D eigenvalue weighted by Crippen LogP contribution is 2.26. The number of hydrogen-bond donors (Lipinski definition) is 3. The van der Waals surface area contributed by atoms with Crippen LogP contribution in [-0.2, 0) is 6.54 Å². The number of thiazole rings is 1. The monoisotopic (exact) mass is 454 g/mol. The fraction of sp³-hybridized carbons (Fsp3) is 0.438. The molecule has 0 radical (unpaired) electrons. The Morgan fingerprint density at radius 3 is 2.46 bits per heavy atom. The summed E-state index contributed by atoms with van der Waals surface area (Å²) in [5.41, 5.74) is 3.75. The minimum atomic E-state index is -0.739. The molecular weight excluding hydrogens is 435 g/mol. The summed E-state index contributed by atoms with van der Waals surface area (Å²) in [7, 11) is 0. The van der Waals surface area contributed by atoms with Gasteiger partial charge < -0.3 is 27.2 Å². The van der Waals surface area contributed by atoms with Crippen molar-refractivity contribution in [1.82, 2.24) is 5.32 Å². The van der Waals surface area contributed by atoms with E-state index in [1.807, 2.05) is 30.0 Å². The average Bonchev–Trinajstić information content (AvgIpc) is 2.79. The van der Waals surface area contributed by atoms with Crippen LogP contribution in [0.1, 0.15) is 42.1 Å². The zero-order valence-electron chi connectivity index (χ0n) is 13.6. The summed E-state index contributed by atoms with van der Waals surface area (Å²) in [5.74, 6) is 0. The predicted molar refractivity (Wildman–Crippen MR) is 93.9 cm³/mol. The topological polar surface area (TPSA) is 56.4 Å². The molecule has 134 valence electrons. The largest absolute Gasteiger partial charge is 1.00 e. The maximum atomic E-state index is 10.3. The van der Waals surface area contributed by atoms with Gasteiger partial charge in [-0.05, 0) is 31.5 Å². The number of aromatic nitrogens is 1. The van der Waals surface area contributed by atoms with Crippen LogP contribution in [0, 0.1) is 6.92 Å². The van der Waals surface area contributed by atoms with Crippen LogP contribution < -0.4 is 26.9 Å². The molecule has 0 spiro atoms. The van der Waals surface area contributed by atoms with Crippen LogP contribution in [0.15, 0.2) is 23.7 Å². The van der Waals surface area contributed by atoms with Gasteiger partial charge in [0, 0.05) is 23.0 Å². The Kier molecular flexibility index (Phi) is 8.62. The molecule has 3 N–H and O–H groups in total. The van der Waals surface area contributed by atoms with E-state index in [-0.39, 0.29) is 23.0 Å². The third kappa shape index (κ3) is 5.39. The molecule has 4 nitrogen and oxygen atoms in total. The van der Waals surface area contributed by atoms with Gasteiger partial charge in [0.25, 0.3) is 0 Å². The standard InChI is InChI=1S/C16H21Cl2N2O2S.BrH/c1-9(13-5-4-12(17)6-14(13)18)19-15(22)7-20-8-23-16(10(20)2)11(3)21;/h4-6,8-9,11,15,19,21-22H,7H2,1-3H3;1H/q+1;/p-1. The molecule has 0 bridgehead atoms. The molecule has 0 fully saturated rings. The maximum Gasteiger partial charge on any atom is 0.225 e. The summed E-state index contributed by atoms with van der Waals surface area (Å²) in [6.07, 6.45) is -1.24. The van der Waals surface area contributed by atoms with E-state index in [2.05, 4.69) is 5.32 Å². The molecule has 0 aliphatic rings. The number of aliphatic hydroxyl groups excluding tert-OH is 2. The van der Waals surface area contributed by atoms with Crippen LogP contribution in [0.4, 0.5) is 0 Å². The van der Waals surface area contributed by atoms with Crippen molar-refractivity contribution in [2.45, 2.75) is 45.7 Å². The Balaban J connectivity index is 0.00000288. The molecule has 0 saturated heterocycles. The predicted octanol–water partition coefficient (Wildman–Crippen LogP) is 0.377. The first-order valence-electron chi connectivity index (χ1n) is 7.34. The van der Waals surface area contributed by atoms with E-state index in [0.717, 1.165) is 16.1 Å². The Morgan fingerprint density at radius 1 is 1.25 bits per heavy atom. The SMILES string of the molecule is Cc1c(C(C)O)sc[n+]1CC(O)NC(C)c1ccc(Cl)cc1Cl.[Br-]. The second kappa shape index (κ2) is 9.48. The lowest BCUT2D eigenvalue weighted by molar-refractivity contribution is -0.706. The smallest absolute Gasteiger partial charge is 0.225 e. The van der Waals surface area contributed by atoms with Crippen LogP contribution in [0.2, 0.25) is 10.0 Å². The summed E-state index contributed by atoms with van der Waals surface area (Å²) in [4.78, 5) is 0.908. The van der Waals surface area contributed by atoms with Crippen molar-refractivity contribution in [1.29, 1.82) is 0 Å². The van der Waals surface area contributed by atoms with Gasteiger partial charge in [0.05, 0.1) is 6.10 Å². The number of aliphatic hydroxyl groups is 2. The van der Waals surface area contributed by atoms with Crippen molar-refractivity contribution in [3.8, 4) is 0 Å². The first-order valence-corrected chi connectivity index (χ1v) is 8.97. The lowest BCUT2D eigenvalue weighted by atomic mass is 10.1. The summed E-state index contributed by atoms with van der Waals surface area (Å²) in [6, 6.07) is 5.20. The number of rotatable bonds is 6. The number of benzene rings is 1. The van der Waals surface area contributed by atoms with E-state index in [1.165, 1.54) is 11.3 Å². The Labute approximate surface area is 166 Å². The van der Waals surface area contributed by atoms with Gasteiger partial charge in [-0.25, -0.2) is 0 Å². The molecule has 3 unspecified atom stereocenters. The van der Waals surface area contributed by atoms with Gasteiger partial charge in [-0.2, -0.15) is 4.57 Å². The zero-order valence-corrected chi connectivity index (χ0v) is 17.5. The molecule has 0 saturated carbocycles. The van der Waals surface area contributed by atoms with Crippen molar-refractivity contribution in [3.05, 3.63) is 49.9 Å². The zero-order chi connectivity index (χ0) is 17.1. The second-order valence-corrected chi connectivity index (χ2v) is 7.30. The van der Waals surface area contributed by atoms with E-state index in [4.69, 9.17) is 23.2 Å². The van der Waals surface area contributed by atoms with Crippen LogP contribution in [0.25, 0.3) is 0 Å².